The van der Waals surface area contributed by atoms with Crippen LogP contribution in [-0.4, -0.2) is 24.0 Å². The van der Waals surface area contributed by atoms with Gasteiger partial charge in [-0.3, -0.25) is 4.98 Å². The van der Waals surface area contributed by atoms with Gasteiger partial charge in [0.25, 0.3) is 0 Å². The fraction of sp³-hybridized carbons (Fsp3) is 0.500. The van der Waals surface area contributed by atoms with Gasteiger partial charge < -0.3 is 10.1 Å². The van der Waals surface area contributed by atoms with Gasteiger partial charge in [-0.25, -0.2) is 4.79 Å². The summed E-state index contributed by atoms with van der Waals surface area (Å²) in [5.41, 5.74) is 2.14. The molecule has 4 heteroatoms. The van der Waals surface area contributed by atoms with Crippen LogP contribution in [0.1, 0.15) is 34.5 Å². The Morgan fingerprint density at radius 1 is 1.44 bits per heavy atom. The Balaban J connectivity index is 2.11. The molecule has 0 unspecified atom stereocenters. The van der Waals surface area contributed by atoms with Crippen LogP contribution in [0.2, 0.25) is 0 Å². The molecule has 0 radical (unpaired) electrons. The highest BCUT2D eigenvalue weighted by atomic mass is 16.6. The second-order valence-corrected chi connectivity index (χ2v) is 4.51. The van der Waals surface area contributed by atoms with E-state index >= 15 is 0 Å². The van der Waals surface area contributed by atoms with Crippen molar-refractivity contribution in [1.82, 2.24) is 10.3 Å². The van der Waals surface area contributed by atoms with Gasteiger partial charge in [-0.05, 0) is 26.1 Å². The van der Waals surface area contributed by atoms with Gasteiger partial charge in [-0.1, -0.05) is 0 Å². The number of carbonyl (C=O) groups excluding carboxylic acids is 1. The van der Waals surface area contributed by atoms with Crippen LogP contribution < -0.4 is 5.32 Å². The lowest BCUT2D eigenvalue weighted by molar-refractivity contribution is -0.0242. The Hall–Kier alpha value is -1.42. The first-order valence-corrected chi connectivity index (χ1v) is 5.62. The minimum Gasteiger partial charge on any atom is -0.450 e. The van der Waals surface area contributed by atoms with Gasteiger partial charge in [0.1, 0.15) is 5.60 Å². The van der Waals surface area contributed by atoms with Crippen molar-refractivity contribution >= 4 is 5.97 Å². The summed E-state index contributed by atoms with van der Waals surface area (Å²) in [5, 5.41) is 3.28. The van der Waals surface area contributed by atoms with E-state index in [1.54, 1.807) is 6.20 Å². The summed E-state index contributed by atoms with van der Waals surface area (Å²) < 4.78 is 5.60. The van der Waals surface area contributed by atoms with Gasteiger partial charge in [-0.15, -0.1) is 0 Å². The molecule has 2 aliphatic rings. The van der Waals surface area contributed by atoms with E-state index in [4.69, 9.17) is 4.74 Å². The van der Waals surface area contributed by atoms with Crippen molar-refractivity contribution in [2.45, 2.75) is 25.4 Å². The Morgan fingerprint density at radius 2 is 2.19 bits per heavy atom. The number of aryl methyl sites for hydroxylation is 1. The Labute approximate surface area is 94.0 Å². The number of aromatic nitrogens is 1. The number of ether oxygens (including phenoxy) is 1. The number of esters is 1. The Bertz CT molecular complexity index is 450. The fourth-order valence-corrected chi connectivity index (χ4v) is 2.58. The van der Waals surface area contributed by atoms with Crippen molar-refractivity contribution in [3.63, 3.8) is 0 Å². The van der Waals surface area contributed by atoms with Gasteiger partial charge in [-0.2, -0.15) is 0 Å². The molecule has 1 spiro atoms. The molecule has 3 rings (SSSR count). The molecule has 0 aromatic carbocycles. The Kier molecular flexibility index (Phi) is 2.01. The van der Waals surface area contributed by atoms with E-state index in [1.165, 1.54) is 0 Å². The highest BCUT2D eigenvalue weighted by molar-refractivity contribution is 5.94. The van der Waals surface area contributed by atoms with Gasteiger partial charge >= 0.3 is 5.97 Å². The third-order valence-electron chi connectivity index (χ3n) is 3.45. The molecule has 4 nitrogen and oxygen atoms in total. The van der Waals surface area contributed by atoms with E-state index in [0.29, 0.717) is 5.56 Å². The summed E-state index contributed by atoms with van der Waals surface area (Å²) in [6.45, 7) is 3.67. The van der Waals surface area contributed by atoms with Crippen LogP contribution in [0.25, 0.3) is 0 Å². The van der Waals surface area contributed by atoms with Crippen LogP contribution >= 0.6 is 0 Å². The molecule has 1 aromatic rings. The molecular formula is C12H14N2O2. The van der Waals surface area contributed by atoms with Crippen molar-refractivity contribution in [2.24, 2.45) is 0 Å². The summed E-state index contributed by atoms with van der Waals surface area (Å²) >= 11 is 0. The number of hydrogen-bond acceptors (Lipinski definition) is 4. The molecule has 16 heavy (non-hydrogen) atoms. The van der Waals surface area contributed by atoms with E-state index in [9.17, 15) is 4.79 Å². The number of fused-ring (bicyclic) bond motifs is 2. The average molecular weight is 218 g/mol. The summed E-state index contributed by atoms with van der Waals surface area (Å²) in [6, 6.07) is 1.83. The first kappa shape index (κ1) is 9.78. The van der Waals surface area contributed by atoms with Crippen LogP contribution in [0.5, 0.6) is 0 Å². The monoisotopic (exact) mass is 218 g/mol. The van der Waals surface area contributed by atoms with Crippen LogP contribution in [0.15, 0.2) is 12.3 Å². The zero-order chi connectivity index (χ0) is 11.2. The summed E-state index contributed by atoms with van der Waals surface area (Å²) in [7, 11) is 0. The number of carbonyl (C=O) groups is 1. The van der Waals surface area contributed by atoms with E-state index in [1.807, 2.05) is 13.0 Å². The van der Waals surface area contributed by atoms with E-state index < -0.39 is 5.60 Å². The van der Waals surface area contributed by atoms with Crippen molar-refractivity contribution in [1.29, 1.82) is 0 Å². The summed E-state index contributed by atoms with van der Waals surface area (Å²) in [6.07, 6.45) is 3.49. The minimum atomic E-state index is -0.404. The maximum Gasteiger partial charge on any atom is 0.339 e. The number of piperidine rings is 1. The smallest absolute Gasteiger partial charge is 0.339 e. The highest BCUT2D eigenvalue weighted by Crippen LogP contribution is 2.42. The topological polar surface area (TPSA) is 51.2 Å². The van der Waals surface area contributed by atoms with Gasteiger partial charge in [0.15, 0.2) is 0 Å². The second-order valence-electron chi connectivity index (χ2n) is 4.51. The lowest BCUT2D eigenvalue weighted by atomic mass is 9.85. The Morgan fingerprint density at radius 3 is 2.94 bits per heavy atom. The SMILES string of the molecule is Cc1cc2c(cn1)C1(CCNCC1)OC2=O. The predicted octanol–water partition coefficient (Wildman–Crippen LogP) is 1.14. The average Bonchev–Trinajstić information content (AvgIpc) is 2.53. The fourth-order valence-electron chi connectivity index (χ4n) is 2.58. The highest BCUT2D eigenvalue weighted by Gasteiger charge is 2.46. The number of pyridine rings is 1. The molecule has 0 saturated carbocycles. The van der Waals surface area contributed by atoms with Crippen molar-refractivity contribution in [3.8, 4) is 0 Å². The van der Waals surface area contributed by atoms with Crippen LogP contribution in [-0.2, 0) is 10.3 Å². The van der Waals surface area contributed by atoms with Crippen LogP contribution in [0.4, 0.5) is 0 Å². The largest absolute Gasteiger partial charge is 0.450 e. The van der Waals surface area contributed by atoms with E-state index in [2.05, 4.69) is 10.3 Å². The zero-order valence-corrected chi connectivity index (χ0v) is 9.25. The molecule has 1 aromatic heterocycles. The van der Waals surface area contributed by atoms with Crippen LogP contribution in [0, 0.1) is 6.92 Å². The lowest BCUT2D eigenvalue weighted by Crippen LogP contribution is -2.40. The quantitative estimate of drug-likeness (QED) is 0.663. The zero-order valence-electron chi connectivity index (χ0n) is 9.25. The molecule has 2 aliphatic heterocycles. The van der Waals surface area contributed by atoms with Crippen molar-refractivity contribution in [3.05, 3.63) is 29.1 Å². The number of nitrogens with one attached hydrogen (secondary N) is 1. The first-order valence-electron chi connectivity index (χ1n) is 5.62. The molecular weight excluding hydrogens is 204 g/mol. The predicted molar refractivity (Wildman–Crippen MR) is 58.2 cm³/mol. The number of nitrogens with zero attached hydrogens (tertiary/aromatic N) is 1. The molecule has 1 saturated heterocycles. The van der Waals surface area contributed by atoms with Crippen molar-refractivity contribution in [2.75, 3.05) is 13.1 Å². The molecule has 0 atom stereocenters. The first-order chi connectivity index (χ1) is 7.71. The number of hydrogen-bond donors (Lipinski definition) is 1. The lowest BCUT2D eigenvalue weighted by Gasteiger charge is -2.32. The second kappa shape index (κ2) is 3.28. The normalized spacial score (nSPS) is 21.9. The molecule has 3 heterocycles. The molecule has 0 bridgehead atoms. The molecule has 0 amide bonds. The summed E-state index contributed by atoms with van der Waals surface area (Å²) in [5.74, 6) is -0.192. The van der Waals surface area contributed by atoms with E-state index in [-0.39, 0.29) is 5.97 Å². The molecule has 0 aliphatic carbocycles. The van der Waals surface area contributed by atoms with Gasteiger partial charge in [0.05, 0.1) is 5.56 Å². The van der Waals surface area contributed by atoms with Gasteiger partial charge in [0, 0.05) is 30.3 Å². The van der Waals surface area contributed by atoms with E-state index in [0.717, 1.165) is 37.2 Å². The molecule has 84 valence electrons. The summed E-state index contributed by atoms with van der Waals surface area (Å²) in [4.78, 5) is 16.1. The maximum atomic E-state index is 11.8. The molecule has 1 N–H and O–H groups in total. The number of rotatable bonds is 0. The maximum absolute atomic E-state index is 11.8. The van der Waals surface area contributed by atoms with Crippen molar-refractivity contribution < 1.29 is 9.53 Å². The third-order valence-corrected chi connectivity index (χ3v) is 3.45. The van der Waals surface area contributed by atoms with Gasteiger partial charge in [0.2, 0.25) is 0 Å². The third kappa shape index (κ3) is 1.26. The van der Waals surface area contributed by atoms with Crippen LogP contribution in [0.3, 0.4) is 0 Å². The minimum absolute atomic E-state index is 0.192. The molecule has 1 fully saturated rings. The standard InChI is InChI=1S/C12H14N2O2/c1-8-6-9-10(7-14-8)12(16-11(9)15)2-4-13-5-3-12/h6-7,13H,2-5H2,1H3.